The Hall–Kier alpha value is -3.55. The Labute approximate surface area is 169 Å². The molecule has 1 saturated heterocycles. The largest absolute Gasteiger partial charge is 0.497 e. The van der Waals surface area contributed by atoms with Gasteiger partial charge in [-0.05, 0) is 23.8 Å². The lowest BCUT2D eigenvalue weighted by atomic mass is 10.1. The normalized spacial score (nSPS) is 14.6. The second-order valence-corrected chi connectivity index (χ2v) is 6.06. The first-order valence-electron chi connectivity index (χ1n) is 8.75. The minimum Gasteiger partial charge on any atom is -0.497 e. The van der Waals surface area contributed by atoms with Gasteiger partial charge in [0.25, 0.3) is 0 Å². The number of rotatable bonds is 7. The van der Waals surface area contributed by atoms with Crippen molar-refractivity contribution in [3.63, 3.8) is 0 Å². The molecule has 0 atom stereocenters. The first-order chi connectivity index (χ1) is 14.0. The van der Waals surface area contributed by atoms with Crippen molar-refractivity contribution in [2.24, 2.45) is 0 Å². The lowest BCUT2D eigenvalue weighted by molar-refractivity contribution is 0.182. The van der Waals surface area contributed by atoms with Crippen LogP contribution >= 0.6 is 0 Å². The van der Waals surface area contributed by atoms with Crippen LogP contribution in [0.4, 0.5) is 10.5 Å². The van der Waals surface area contributed by atoms with Crippen LogP contribution in [0.25, 0.3) is 6.08 Å². The van der Waals surface area contributed by atoms with E-state index in [4.69, 9.17) is 28.4 Å². The minimum atomic E-state index is -0.487. The highest BCUT2D eigenvalue weighted by Crippen LogP contribution is 2.40. The third-order valence-corrected chi connectivity index (χ3v) is 4.43. The van der Waals surface area contributed by atoms with Gasteiger partial charge in [-0.15, -0.1) is 0 Å². The van der Waals surface area contributed by atoms with Crippen LogP contribution in [0.2, 0.25) is 0 Å². The van der Waals surface area contributed by atoms with Crippen LogP contribution in [0.1, 0.15) is 5.56 Å². The Balaban J connectivity index is 2.06. The molecule has 1 amide bonds. The molecule has 0 radical (unpaired) electrons. The molecule has 1 aliphatic rings. The smallest absolute Gasteiger partial charge is 0.419 e. The molecule has 1 fully saturated rings. The monoisotopic (exact) mass is 401 g/mol. The topological polar surface area (TPSA) is 75.7 Å². The Morgan fingerprint density at radius 2 is 1.41 bits per heavy atom. The van der Waals surface area contributed by atoms with Crippen LogP contribution in [0.15, 0.2) is 36.0 Å². The maximum absolute atomic E-state index is 12.4. The highest BCUT2D eigenvalue weighted by Gasteiger charge is 2.30. The molecule has 8 heteroatoms. The lowest BCUT2D eigenvalue weighted by Gasteiger charge is -2.18. The molecule has 0 bridgehead atoms. The molecule has 0 unspecified atom stereocenters. The molecule has 154 valence electrons. The van der Waals surface area contributed by atoms with Gasteiger partial charge in [-0.1, -0.05) is 0 Å². The molecule has 0 N–H and O–H groups in total. The first kappa shape index (κ1) is 20.2. The number of cyclic esters (lactones) is 1. The number of carbonyl (C=O) groups excluding carboxylic acids is 1. The third-order valence-electron chi connectivity index (χ3n) is 4.43. The van der Waals surface area contributed by atoms with Gasteiger partial charge < -0.3 is 28.4 Å². The van der Waals surface area contributed by atoms with Crippen molar-refractivity contribution >= 4 is 17.9 Å². The number of hydrogen-bond donors (Lipinski definition) is 0. The van der Waals surface area contributed by atoms with Gasteiger partial charge in [-0.3, -0.25) is 0 Å². The minimum absolute atomic E-state index is 0.120. The molecule has 1 aliphatic heterocycles. The molecule has 3 rings (SSSR count). The number of methoxy groups -OCH3 is 5. The van der Waals surface area contributed by atoms with E-state index in [1.165, 1.54) is 4.90 Å². The average molecular weight is 401 g/mol. The molecule has 2 aromatic carbocycles. The Kier molecular flexibility index (Phi) is 6.01. The molecule has 1 heterocycles. The highest BCUT2D eigenvalue weighted by atomic mass is 16.6. The van der Waals surface area contributed by atoms with Crippen molar-refractivity contribution in [3.8, 4) is 28.7 Å². The number of nitrogens with zero attached hydrogens (tertiary/aromatic N) is 1. The standard InChI is InChI=1S/C21H23NO7/c1-24-16-9-14(10-17(11-16)25-2)22-15(12-29-21(22)23)6-13-7-18(26-3)20(28-5)19(8-13)27-4/h6-11H,12H2,1-5H3/b15-6-. The summed E-state index contributed by atoms with van der Waals surface area (Å²) in [7, 11) is 7.73. The maximum atomic E-state index is 12.4. The van der Waals surface area contributed by atoms with Gasteiger partial charge in [-0.2, -0.15) is 0 Å². The van der Waals surface area contributed by atoms with Gasteiger partial charge in [0.1, 0.15) is 18.1 Å². The van der Waals surface area contributed by atoms with Crippen LogP contribution < -0.4 is 28.6 Å². The molecule has 0 saturated carbocycles. The van der Waals surface area contributed by atoms with Crippen molar-refractivity contribution in [3.05, 3.63) is 41.6 Å². The Morgan fingerprint density at radius 3 is 1.90 bits per heavy atom. The third kappa shape index (κ3) is 4.01. The van der Waals surface area contributed by atoms with Crippen LogP contribution in [-0.4, -0.2) is 48.2 Å². The van der Waals surface area contributed by atoms with Gasteiger partial charge in [0, 0.05) is 18.2 Å². The number of benzene rings is 2. The SMILES string of the molecule is COc1cc(OC)cc(N2C(=O)OC/C2=C/c2cc(OC)c(OC)c(OC)c2)c1. The summed E-state index contributed by atoms with van der Waals surface area (Å²) in [6.45, 7) is 0.120. The first-order valence-corrected chi connectivity index (χ1v) is 8.75. The quantitative estimate of drug-likeness (QED) is 0.700. The predicted molar refractivity (Wildman–Crippen MR) is 107 cm³/mol. The molecule has 2 aromatic rings. The van der Waals surface area contributed by atoms with Crippen molar-refractivity contribution < 1.29 is 33.2 Å². The van der Waals surface area contributed by atoms with E-state index >= 15 is 0 Å². The number of anilines is 1. The van der Waals surface area contributed by atoms with E-state index in [1.807, 2.05) is 6.08 Å². The number of amides is 1. The van der Waals surface area contributed by atoms with E-state index in [0.717, 1.165) is 5.56 Å². The summed E-state index contributed by atoms with van der Waals surface area (Å²) in [5.41, 5.74) is 1.97. The second kappa shape index (κ2) is 8.64. The van der Waals surface area contributed by atoms with Crippen molar-refractivity contribution in [2.45, 2.75) is 0 Å². The van der Waals surface area contributed by atoms with Gasteiger partial charge in [0.15, 0.2) is 11.5 Å². The molecule has 8 nitrogen and oxygen atoms in total. The molecule has 29 heavy (non-hydrogen) atoms. The van der Waals surface area contributed by atoms with E-state index in [2.05, 4.69) is 0 Å². The van der Waals surface area contributed by atoms with Crippen LogP contribution in [0.5, 0.6) is 28.7 Å². The number of carbonyl (C=O) groups is 1. The summed E-state index contributed by atoms with van der Waals surface area (Å²) in [5, 5.41) is 0. The summed E-state index contributed by atoms with van der Waals surface area (Å²) in [4.78, 5) is 13.9. The molecular formula is C21H23NO7. The number of hydrogen-bond acceptors (Lipinski definition) is 7. The van der Waals surface area contributed by atoms with E-state index in [-0.39, 0.29) is 6.61 Å². The van der Waals surface area contributed by atoms with Crippen LogP contribution in [0, 0.1) is 0 Å². The van der Waals surface area contributed by atoms with Gasteiger partial charge in [0.2, 0.25) is 5.75 Å². The summed E-state index contributed by atoms with van der Waals surface area (Å²) in [5.74, 6) is 2.64. The average Bonchev–Trinajstić information content (AvgIpc) is 3.12. The van der Waals surface area contributed by atoms with Crippen molar-refractivity contribution in [1.29, 1.82) is 0 Å². The Bertz CT molecular complexity index is 891. The second-order valence-electron chi connectivity index (χ2n) is 6.06. The van der Waals surface area contributed by atoms with Gasteiger partial charge in [0.05, 0.1) is 46.9 Å². The van der Waals surface area contributed by atoms with Crippen LogP contribution in [-0.2, 0) is 4.74 Å². The summed E-state index contributed by atoms with van der Waals surface area (Å²) in [6, 6.07) is 8.78. The Morgan fingerprint density at radius 1 is 0.828 bits per heavy atom. The van der Waals surface area contributed by atoms with Crippen LogP contribution in [0.3, 0.4) is 0 Å². The lowest BCUT2D eigenvalue weighted by Crippen LogP contribution is -2.22. The molecule has 0 aromatic heterocycles. The predicted octanol–water partition coefficient (Wildman–Crippen LogP) is 3.73. The van der Waals surface area contributed by atoms with E-state index in [1.54, 1.807) is 65.9 Å². The fourth-order valence-electron chi connectivity index (χ4n) is 3.06. The summed E-state index contributed by atoms with van der Waals surface area (Å²) >= 11 is 0. The van der Waals surface area contributed by atoms with E-state index in [9.17, 15) is 4.79 Å². The number of ether oxygens (including phenoxy) is 6. The van der Waals surface area contributed by atoms with E-state index in [0.29, 0.717) is 40.1 Å². The van der Waals surface area contributed by atoms with Crippen molar-refractivity contribution in [1.82, 2.24) is 0 Å². The van der Waals surface area contributed by atoms with Gasteiger partial charge >= 0.3 is 6.09 Å². The zero-order valence-corrected chi connectivity index (χ0v) is 17.0. The molecule has 0 spiro atoms. The maximum Gasteiger partial charge on any atom is 0.419 e. The molecule has 0 aliphatic carbocycles. The van der Waals surface area contributed by atoms with E-state index < -0.39 is 6.09 Å². The zero-order chi connectivity index (χ0) is 21.0. The van der Waals surface area contributed by atoms with Gasteiger partial charge in [-0.25, -0.2) is 9.69 Å². The summed E-state index contributed by atoms with van der Waals surface area (Å²) in [6.07, 6.45) is 1.33. The fourth-order valence-corrected chi connectivity index (χ4v) is 3.06. The zero-order valence-electron chi connectivity index (χ0n) is 17.0. The highest BCUT2D eigenvalue weighted by molar-refractivity contribution is 5.96. The molecular weight excluding hydrogens is 378 g/mol. The van der Waals surface area contributed by atoms with Crippen molar-refractivity contribution in [2.75, 3.05) is 47.1 Å². The summed E-state index contributed by atoms with van der Waals surface area (Å²) < 4.78 is 32.0. The fraction of sp³-hybridized carbons (Fsp3) is 0.286.